The summed E-state index contributed by atoms with van der Waals surface area (Å²) < 4.78 is 20.0. The van der Waals surface area contributed by atoms with Gasteiger partial charge in [0, 0.05) is 6.42 Å². The van der Waals surface area contributed by atoms with Gasteiger partial charge in [-0.25, -0.2) is 4.39 Å². The first-order valence-corrected chi connectivity index (χ1v) is 12.2. The topological polar surface area (TPSA) is 118 Å². The average molecular weight is 486 g/mol. The Bertz CT molecular complexity index is 1050. The number of piperidine rings is 2. The Kier molecular flexibility index (Phi) is 7.30. The molecule has 0 aliphatic carbocycles. The molecule has 1 aromatic carbocycles. The number of nitrogens with zero attached hydrogens (tertiary/aromatic N) is 3. The van der Waals surface area contributed by atoms with E-state index in [-0.39, 0.29) is 60.8 Å². The van der Waals surface area contributed by atoms with E-state index in [1.807, 2.05) is 0 Å². The highest BCUT2D eigenvalue weighted by atomic mass is 19.1. The maximum atomic E-state index is 14.2. The summed E-state index contributed by atoms with van der Waals surface area (Å²) in [6.07, 6.45) is 3.68. The molecular formula is C25H32FN5O4. The SMILES string of the molecule is CC(C)[C@@H](C(=N)OCCN1C(=N)CCC(N2C(=O)c3cccc(F)c3C2=O)C1=O)N1CCCCC1. The second-order valence-corrected chi connectivity index (χ2v) is 9.63. The van der Waals surface area contributed by atoms with Gasteiger partial charge in [0.25, 0.3) is 17.7 Å². The van der Waals surface area contributed by atoms with Crippen molar-refractivity contribution < 1.29 is 23.5 Å². The summed E-state index contributed by atoms with van der Waals surface area (Å²) in [5.41, 5.74) is -0.365. The van der Waals surface area contributed by atoms with Crippen molar-refractivity contribution in [2.45, 2.75) is 58.0 Å². The van der Waals surface area contributed by atoms with Gasteiger partial charge in [-0.3, -0.25) is 39.9 Å². The number of halogens is 1. The van der Waals surface area contributed by atoms with E-state index in [0.717, 1.165) is 36.9 Å². The standard InChI is InChI=1S/C25H32FN5O4/c1-15(2)21(29-11-4-3-5-12-29)22(28)35-14-13-30-19(27)10-9-18(24(30)33)31-23(32)16-7-6-8-17(26)20(16)25(31)34/h6-8,15,18,21,27-28H,3-5,9-14H2,1-2H3/t18?,21-/m0/s1. The highest BCUT2D eigenvalue weighted by Crippen LogP contribution is 2.30. The van der Waals surface area contributed by atoms with Crippen LogP contribution in [0, 0.1) is 22.6 Å². The van der Waals surface area contributed by atoms with Crippen LogP contribution in [-0.4, -0.2) is 82.5 Å². The second-order valence-electron chi connectivity index (χ2n) is 9.63. The molecule has 2 fully saturated rings. The van der Waals surface area contributed by atoms with Gasteiger partial charge >= 0.3 is 0 Å². The molecule has 2 N–H and O–H groups in total. The van der Waals surface area contributed by atoms with E-state index in [9.17, 15) is 18.8 Å². The number of benzene rings is 1. The maximum absolute atomic E-state index is 14.2. The number of rotatable bonds is 7. The summed E-state index contributed by atoms with van der Waals surface area (Å²) >= 11 is 0. The zero-order chi connectivity index (χ0) is 25.3. The van der Waals surface area contributed by atoms with Gasteiger partial charge in [0.2, 0.25) is 0 Å². The van der Waals surface area contributed by atoms with Crippen LogP contribution >= 0.6 is 0 Å². The molecule has 3 amide bonds. The molecule has 9 nitrogen and oxygen atoms in total. The number of fused-ring (bicyclic) bond motifs is 1. The quantitative estimate of drug-likeness (QED) is 0.350. The lowest BCUT2D eigenvalue weighted by Gasteiger charge is -2.37. The normalized spacial score (nSPS) is 22.1. The number of ether oxygens (including phenoxy) is 1. The highest BCUT2D eigenvalue weighted by molar-refractivity contribution is 6.23. The molecule has 10 heteroatoms. The van der Waals surface area contributed by atoms with Crippen LogP contribution < -0.4 is 0 Å². The van der Waals surface area contributed by atoms with Crippen LogP contribution in [0.1, 0.15) is 66.7 Å². The minimum atomic E-state index is -1.10. The van der Waals surface area contributed by atoms with Crippen molar-refractivity contribution in [1.29, 1.82) is 10.8 Å². The Balaban J connectivity index is 1.41. The Morgan fingerprint density at radius 1 is 1.14 bits per heavy atom. The van der Waals surface area contributed by atoms with E-state index >= 15 is 0 Å². The minimum Gasteiger partial charge on any atom is -0.478 e. The molecule has 3 heterocycles. The zero-order valence-corrected chi connectivity index (χ0v) is 20.2. The molecule has 0 bridgehead atoms. The largest absolute Gasteiger partial charge is 0.478 e. The van der Waals surface area contributed by atoms with Crippen LogP contribution in [0.15, 0.2) is 18.2 Å². The van der Waals surface area contributed by atoms with Gasteiger partial charge in [0.15, 0.2) is 5.90 Å². The number of nitrogens with one attached hydrogen (secondary N) is 2. The molecule has 1 unspecified atom stereocenters. The fourth-order valence-corrected chi connectivity index (χ4v) is 5.29. The zero-order valence-electron chi connectivity index (χ0n) is 20.2. The van der Waals surface area contributed by atoms with E-state index in [1.54, 1.807) is 0 Å². The molecule has 0 radical (unpaired) electrons. The summed E-state index contributed by atoms with van der Waals surface area (Å²) in [4.78, 5) is 43.2. The van der Waals surface area contributed by atoms with Crippen molar-refractivity contribution in [3.63, 3.8) is 0 Å². The monoisotopic (exact) mass is 485 g/mol. The average Bonchev–Trinajstić information content (AvgIpc) is 3.08. The first-order chi connectivity index (χ1) is 16.7. The molecule has 3 aliphatic heterocycles. The van der Waals surface area contributed by atoms with E-state index in [4.69, 9.17) is 15.6 Å². The predicted octanol–water partition coefficient (Wildman–Crippen LogP) is 2.89. The molecule has 4 rings (SSSR count). The minimum absolute atomic E-state index is 0.0213. The van der Waals surface area contributed by atoms with Crippen LogP contribution in [0.2, 0.25) is 0 Å². The van der Waals surface area contributed by atoms with Gasteiger partial charge in [-0.15, -0.1) is 0 Å². The second kappa shape index (κ2) is 10.2. The summed E-state index contributed by atoms with van der Waals surface area (Å²) in [6, 6.07) is 2.59. The molecular weight excluding hydrogens is 453 g/mol. The number of imide groups is 1. The molecule has 2 saturated heterocycles. The van der Waals surface area contributed by atoms with Crippen molar-refractivity contribution in [3.05, 3.63) is 35.1 Å². The number of amides is 3. The van der Waals surface area contributed by atoms with Crippen LogP contribution in [0.4, 0.5) is 4.39 Å². The van der Waals surface area contributed by atoms with Crippen LogP contribution in [0.25, 0.3) is 0 Å². The van der Waals surface area contributed by atoms with Gasteiger partial charge in [0.05, 0.1) is 23.7 Å². The molecule has 0 saturated carbocycles. The van der Waals surface area contributed by atoms with E-state index in [1.165, 1.54) is 23.5 Å². The lowest BCUT2D eigenvalue weighted by molar-refractivity contribution is -0.133. The van der Waals surface area contributed by atoms with E-state index in [2.05, 4.69) is 18.7 Å². The number of carbonyl (C=O) groups excluding carboxylic acids is 3. The molecule has 1 aromatic rings. The Hall–Kier alpha value is -3.14. The van der Waals surface area contributed by atoms with Crippen LogP contribution in [-0.2, 0) is 9.53 Å². The number of hydrogen-bond donors (Lipinski definition) is 2. The maximum Gasteiger partial charge on any atom is 0.265 e. The first-order valence-electron chi connectivity index (χ1n) is 12.2. The first kappa shape index (κ1) is 25.0. The fourth-order valence-electron chi connectivity index (χ4n) is 5.29. The summed E-state index contributed by atoms with van der Waals surface area (Å²) in [5.74, 6) is -2.48. The lowest BCUT2D eigenvalue weighted by atomic mass is 9.99. The van der Waals surface area contributed by atoms with E-state index in [0.29, 0.717) is 0 Å². The molecule has 2 atom stereocenters. The Labute approximate surface area is 204 Å². The third-order valence-corrected chi connectivity index (χ3v) is 7.00. The number of likely N-dealkylation sites (tertiary alicyclic amines) is 2. The van der Waals surface area contributed by atoms with Crippen molar-refractivity contribution in [2.24, 2.45) is 5.92 Å². The van der Waals surface area contributed by atoms with Gasteiger partial charge in [0.1, 0.15) is 24.3 Å². The van der Waals surface area contributed by atoms with Crippen LogP contribution in [0.5, 0.6) is 0 Å². The Morgan fingerprint density at radius 3 is 2.51 bits per heavy atom. The lowest BCUT2D eigenvalue weighted by Crippen LogP contribution is -2.56. The molecule has 0 spiro atoms. The molecule has 35 heavy (non-hydrogen) atoms. The predicted molar refractivity (Wildman–Crippen MR) is 127 cm³/mol. The van der Waals surface area contributed by atoms with Crippen LogP contribution in [0.3, 0.4) is 0 Å². The van der Waals surface area contributed by atoms with Gasteiger partial charge in [-0.1, -0.05) is 26.3 Å². The Morgan fingerprint density at radius 2 is 1.86 bits per heavy atom. The van der Waals surface area contributed by atoms with Gasteiger partial charge in [-0.2, -0.15) is 0 Å². The molecule has 188 valence electrons. The van der Waals surface area contributed by atoms with Crippen molar-refractivity contribution in [1.82, 2.24) is 14.7 Å². The fraction of sp³-hybridized carbons (Fsp3) is 0.560. The number of amidine groups is 1. The smallest absolute Gasteiger partial charge is 0.265 e. The van der Waals surface area contributed by atoms with Crippen molar-refractivity contribution in [2.75, 3.05) is 26.2 Å². The summed E-state index contributed by atoms with van der Waals surface area (Å²) in [7, 11) is 0. The van der Waals surface area contributed by atoms with Crippen molar-refractivity contribution >= 4 is 29.5 Å². The molecule has 3 aliphatic rings. The third-order valence-electron chi connectivity index (χ3n) is 7.00. The number of hydrogen-bond acceptors (Lipinski definition) is 7. The van der Waals surface area contributed by atoms with E-state index < -0.39 is 29.6 Å². The number of carbonyl (C=O) groups is 3. The summed E-state index contributed by atoms with van der Waals surface area (Å²) in [6.45, 7) is 6.00. The van der Waals surface area contributed by atoms with Gasteiger partial charge in [-0.05, 0) is 50.4 Å². The third kappa shape index (κ3) is 4.71. The van der Waals surface area contributed by atoms with Gasteiger partial charge < -0.3 is 4.74 Å². The molecule has 0 aromatic heterocycles. The highest BCUT2D eigenvalue weighted by Gasteiger charge is 2.47. The van der Waals surface area contributed by atoms with Crippen molar-refractivity contribution in [3.8, 4) is 0 Å². The summed E-state index contributed by atoms with van der Waals surface area (Å²) in [5, 5.41) is 16.7.